The van der Waals surface area contributed by atoms with Crippen molar-refractivity contribution in [3.8, 4) is 5.75 Å². The topological polar surface area (TPSA) is 58.6 Å². The van der Waals surface area contributed by atoms with Crippen molar-refractivity contribution >= 4 is 23.4 Å². The molecule has 1 unspecified atom stereocenters. The lowest BCUT2D eigenvalue weighted by Crippen LogP contribution is -2.39. The number of ether oxygens (including phenoxy) is 1. The Bertz CT molecular complexity index is 836. The average molecular weight is 401 g/mol. The number of nitrogens with zero attached hydrogens (tertiary/aromatic N) is 1. The highest BCUT2D eigenvalue weighted by atomic mass is 35.5. The molecule has 28 heavy (non-hydrogen) atoms. The van der Waals surface area contributed by atoms with Gasteiger partial charge in [0.2, 0.25) is 0 Å². The number of amides is 2. The zero-order chi connectivity index (χ0) is 20.1. The summed E-state index contributed by atoms with van der Waals surface area (Å²) in [4.78, 5) is 26.7. The molecule has 2 amide bonds. The van der Waals surface area contributed by atoms with Crippen molar-refractivity contribution in [2.24, 2.45) is 0 Å². The standard InChI is InChI=1S/C22H25ClN2O3/c1-15(2)24-21(26)16-9-11-18(12-10-16)28-14-17-6-5-13-25(17)22(27)19-7-3-4-8-20(19)23/h3-4,7-12,15,17H,5-6,13-14H2,1-2H3,(H,24,26). The first kappa shape index (κ1) is 20.2. The Balaban J connectivity index is 1.60. The average Bonchev–Trinajstić information content (AvgIpc) is 3.14. The molecular formula is C22H25ClN2O3. The third-order valence-corrected chi connectivity index (χ3v) is 5.05. The predicted octanol–water partition coefficient (Wildman–Crippen LogP) is 4.16. The second kappa shape index (κ2) is 9.11. The molecule has 1 N–H and O–H groups in total. The van der Waals surface area contributed by atoms with Crippen LogP contribution < -0.4 is 10.1 Å². The second-order valence-corrected chi connectivity index (χ2v) is 7.65. The summed E-state index contributed by atoms with van der Waals surface area (Å²) in [6.07, 6.45) is 1.84. The van der Waals surface area contributed by atoms with Crippen molar-refractivity contribution in [1.82, 2.24) is 10.2 Å². The van der Waals surface area contributed by atoms with Crippen LogP contribution in [0.5, 0.6) is 5.75 Å². The van der Waals surface area contributed by atoms with Crippen molar-refractivity contribution in [1.29, 1.82) is 0 Å². The Hall–Kier alpha value is -2.53. The minimum Gasteiger partial charge on any atom is -0.491 e. The molecule has 0 bridgehead atoms. The quantitative estimate of drug-likeness (QED) is 0.791. The molecule has 1 atom stereocenters. The molecule has 2 aromatic rings. The SMILES string of the molecule is CC(C)NC(=O)c1ccc(OCC2CCCN2C(=O)c2ccccc2Cl)cc1. The van der Waals surface area contributed by atoms with Crippen LogP contribution in [-0.4, -0.2) is 41.9 Å². The summed E-state index contributed by atoms with van der Waals surface area (Å²) in [6, 6.07) is 14.3. The summed E-state index contributed by atoms with van der Waals surface area (Å²) < 4.78 is 5.89. The number of carbonyl (C=O) groups is 2. The van der Waals surface area contributed by atoms with E-state index in [1.807, 2.05) is 30.9 Å². The van der Waals surface area contributed by atoms with Crippen molar-refractivity contribution in [3.63, 3.8) is 0 Å². The lowest BCUT2D eigenvalue weighted by Gasteiger charge is -2.25. The largest absolute Gasteiger partial charge is 0.491 e. The van der Waals surface area contributed by atoms with Crippen LogP contribution in [-0.2, 0) is 0 Å². The molecule has 2 aromatic carbocycles. The fourth-order valence-corrected chi connectivity index (χ4v) is 3.52. The van der Waals surface area contributed by atoms with Crippen LogP contribution in [0.4, 0.5) is 0 Å². The summed E-state index contributed by atoms with van der Waals surface area (Å²) in [5, 5.41) is 3.33. The van der Waals surface area contributed by atoms with Crippen LogP contribution in [0.3, 0.4) is 0 Å². The van der Waals surface area contributed by atoms with Gasteiger partial charge in [-0.1, -0.05) is 23.7 Å². The number of rotatable bonds is 6. The Morgan fingerprint density at radius 1 is 1.18 bits per heavy atom. The van der Waals surface area contributed by atoms with E-state index in [0.29, 0.717) is 35.1 Å². The van der Waals surface area contributed by atoms with Gasteiger partial charge in [-0.25, -0.2) is 0 Å². The van der Waals surface area contributed by atoms with Crippen LogP contribution in [0.25, 0.3) is 0 Å². The predicted molar refractivity (Wildman–Crippen MR) is 110 cm³/mol. The van der Waals surface area contributed by atoms with Crippen molar-refractivity contribution in [2.45, 2.75) is 38.8 Å². The van der Waals surface area contributed by atoms with E-state index in [4.69, 9.17) is 16.3 Å². The highest BCUT2D eigenvalue weighted by Crippen LogP contribution is 2.24. The number of hydrogen-bond donors (Lipinski definition) is 1. The first-order chi connectivity index (χ1) is 13.5. The van der Waals surface area contributed by atoms with Gasteiger partial charge in [0.25, 0.3) is 11.8 Å². The molecule has 5 nitrogen and oxygen atoms in total. The van der Waals surface area contributed by atoms with E-state index < -0.39 is 0 Å². The van der Waals surface area contributed by atoms with Crippen molar-refractivity contribution in [2.75, 3.05) is 13.2 Å². The number of halogens is 1. The van der Waals surface area contributed by atoms with E-state index in [0.717, 1.165) is 12.8 Å². The molecule has 1 aliphatic heterocycles. The maximum absolute atomic E-state index is 12.8. The van der Waals surface area contributed by atoms with Crippen LogP contribution in [0.1, 0.15) is 47.4 Å². The highest BCUT2D eigenvalue weighted by molar-refractivity contribution is 6.33. The monoisotopic (exact) mass is 400 g/mol. The molecule has 1 aliphatic rings. The van der Waals surface area contributed by atoms with E-state index in [-0.39, 0.29) is 23.9 Å². The van der Waals surface area contributed by atoms with Gasteiger partial charge in [0.05, 0.1) is 16.6 Å². The lowest BCUT2D eigenvalue weighted by atomic mass is 10.1. The third kappa shape index (κ3) is 4.84. The van der Waals surface area contributed by atoms with Gasteiger partial charge in [0, 0.05) is 18.2 Å². The first-order valence-electron chi connectivity index (χ1n) is 9.55. The van der Waals surface area contributed by atoms with E-state index >= 15 is 0 Å². The van der Waals surface area contributed by atoms with Gasteiger partial charge < -0.3 is 15.0 Å². The Morgan fingerprint density at radius 3 is 2.57 bits per heavy atom. The Labute approximate surface area is 170 Å². The number of benzene rings is 2. The molecule has 0 aromatic heterocycles. The molecule has 0 aliphatic carbocycles. The second-order valence-electron chi connectivity index (χ2n) is 7.24. The zero-order valence-electron chi connectivity index (χ0n) is 16.2. The Morgan fingerprint density at radius 2 is 1.89 bits per heavy atom. The van der Waals surface area contributed by atoms with Gasteiger partial charge in [0.1, 0.15) is 12.4 Å². The van der Waals surface area contributed by atoms with Gasteiger partial charge in [-0.15, -0.1) is 0 Å². The summed E-state index contributed by atoms with van der Waals surface area (Å²) in [5.41, 5.74) is 1.12. The van der Waals surface area contributed by atoms with Gasteiger partial charge in [-0.05, 0) is 63.1 Å². The number of nitrogens with one attached hydrogen (secondary N) is 1. The molecule has 3 rings (SSSR count). The van der Waals surface area contributed by atoms with Crippen molar-refractivity contribution < 1.29 is 14.3 Å². The van der Waals surface area contributed by atoms with E-state index in [1.54, 1.807) is 36.4 Å². The maximum atomic E-state index is 12.8. The number of carbonyl (C=O) groups excluding carboxylic acids is 2. The maximum Gasteiger partial charge on any atom is 0.255 e. The Kier molecular flexibility index (Phi) is 6.57. The van der Waals surface area contributed by atoms with E-state index in [1.165, 1.54) is 0 Å². The molecule has 1 fully saturated rings. The van der Waals surface area contributed by atoms with Crippen LogP contribution in [0.2, 0.25) is 5.02 Å². The van der Waals surface area contributed by atoms with Crippen molar-refractivity contribution in [3.05, 3.63) is 64.7 Å². The van der Waals surface area contributed by atoms with Gasteiger partial charge >= 0.3 is 0 Å². The smallest absolute Gasteiger partial charge is 0.255 e. The summed E-state index contributed by atoms with van der Waals surface area (Å²) in [7, 11) is 0. The summed E-state index contributed by atoms with van der Waals surface area (Å²) in [5.74, 6) is 0.518. The number of hydrogen-bond acceptors (Lipinski definition) is 3. The lowest BCUT2D eigenvalue weighted by molar-refractivity contribution is 0.0691. The molecule has 1 heterocycles. The van der Waals surface area contributed by atoms with E-state index in [9.17, 15) is 9.59 Å². The molecule has 0 radical (unpaired) electrons. The molecular weight excluding hydrogens is 376 g/mol. The number of likely N-dealkylation sites (tertiary alicyclic amines) is 1. The highest BCUT2D eigenvalue weighted by Gasteiger charge is 2.30. The first-order valence-corrected chi connectivity index (χ1v) is 9.92. The molecule has 6 heteroatoms. The fourth-order valence-electron chi connectivity index (χ4n) is 3.31. The van der Waals surface area contributed by atoms with Gasteiger partial charge in [0.15, 0.2) is 0 Å². The molecule has 148 valence electrons. The van der Waals surface area contributed by atoms with Crippen LogP contribution in [0, 0.1) is 0 Å². The normalized spacial score (nSPS) is 16.3. The zero-order valence-corrected chi connectivity index (χ0v) is 16.9. The van der Waals surface area contributed by atoms with Gasteiger partial charge in [-0.3, -0.25) is 9.59 Å². The molecule has 0 saturated carbocycles. The summed E-state index contributed by atoms with van der Waals surface area (Å²) >= 11 is 6.18. The molecule has 1 saturated heterocycles. The van der Waals surface area contributed by atoms with E-state index in [2.05, 4.69) is 5.32 Å². The summed E-state index contributed by atoms with van der Waals surface area (Å²) in [6.45, 7) is 4.96. The molecule has 0 spiro atoms. The fraction of sp³-hybridized carbons (Fsp3) is 0.364. The van der Waals surface area contributed by atoms with Crippen LogP contribution >= 0.6 is 11.6 Å². The third-order valence-electron chi connectivity index (χ3n) is 4.72. The minimum atomic E-state index is -0.103. The van der Waals surface area contributed by atoms with Gasteiger partial charge in [-0.2, -0.15) is 0 Å². The minimum absolute atomic E-state index is 0.00712. The van der Waals surface area contributed by atoms with Crippen LogP contribution in [0.15, 0.2) is 48.5 Å².